The van der Waals surface area contributed by atoms with Crippen LogP contribution < -0.4 is 0 Å². The first-order chi connectivity index (χ1) is 14.3. The van der Waals surface area contributed by atoms with Gasteiger partial charge in [0.25, 0.3) is 5.91 Å². The monoisotopic (exact) mass is 401 g/mol. The van der Waals surface area contributed by atoms with Crippen molar-refractivity contribution in [1.29, 1.82) is 0 Å². The molecule has 0 radical (unpaired) electrons. The van der Waals surface area contributed by atoms with E-state index in [0.29, 0.717) is 24.4 Å². The van der Waals surface area contributed by atoms with E-state index in [1.54, 1.807) is 18.6 Å². The first-order valence-electron chi connectivity index (χ1n) is 10.5. The molecule has 30 heavy (non-hydrogen) atoms. The molecule has 1 aliphatic heterocycles. The van der Waals surface area contributed by atoms with Gasteiger partial charge in [-0.1, -0.05) is 51.1 Å². The van der Waals surface area contributed by atoms with Crippen molar-refractivity contribution in [2.45, 2.75) is 45.1 Å². The fourth-order valence-electron chi connectivity index (χ4n) is 5.56. The molecule has 1 fully saturated rings. The van der Waals surface area contributed by atoms with E-state index in [2.05, 4.69) is 31.8 Å². The van der Waals surface area contributed by atoms with Gasteiger partial charge in [-0.15, -0.1) is 0 Å². The maximum absolute atomic E-state index is 13.7. The Morgan fingerprint density at radius 1 is 1.10 bits per heavy atom. The van der Waals surface area contributed by atoms with E-state index in [4.69, 9.17) is 0 Å². The van der Waals surface area contributed by atoms with E-state index in [9.17, 15) is 9.90 Å². The molecule has 5 rings (SSSR count). The van der Waals surface area contributed by atoms with Crippen LogP contribution >= 0.6 is 0 Å². The van der Waals surface area contributed by atoms with Crippen LogP contribution in [0.4, 0.5) is 0 Å². The molecule has 5 heteroatoms. The number of phenolic OH excluding ortho intramolecular Hbond substituents is 1. The number of nitrogens with zero attached hydrogens (tertiary/aromatic N) is 3. The second-order valence-corrected chi connectivity index (χ2v) is 9.31. The fourth-order valence-corrected chi connectivity index (χ4v) is 5.56. The zero-order chi connectivity index (χ0) is 21.1. The van der Waals surface area contributed by atoms with Crippen molar-refractivity contribution in [3.05, 3.63) is 77.9 Å². The molecule has 1 saturated heterocycles. The van der Waals surface area contributed by atoms with E-state index in [1.807, 2.05) is 45.9 Å². The average molecular weight is 402 g/mol. The van der Waals surface area contributed by atoms with Crippen LogP contribution in [-0.2, 0) is 11.8 Å². The van der Waals surface area contributed by atoms with Crippen molar-refractivity contribution in [3.8, 4) is 11.4 Å². The molecular weight excluding hydrogens is 374 g/mol. The van der Waals surface area contributed by atoms with Crippen LogP contribution in [0.5, 0.6) is 5.75 Å². The number of para-hydroxylation sites is 1. The standard InChI is InChI=1S/C25H27N3O2/c1-24(2)22-14-18-19(10-7-11-21(18)29)25(24,3)12-13-27(22)23(30)20-15-26-16-28(20)17-8-5-4-6-9-17/h4-11,15-16,22,29H,12-14H2,1-3H3/t22-,25-/m0/s1. The lowest BCUT2D eigenvalue weighted by Crippen LogP contribution is -2.65. The minimum Gasteiger partial charge on any atom is -0.508 e. The third-order valence-electron chi connectivity index (χ3n) is 7.78. The van der Waals surface area contributed by atoms with Crippen molar-refractivity contribution in [2.75, 3.05) is 6.54 Å². The zero-order valence-corrected chi connectivity index (χ0v) is 17.7. The van der Waals surface area contributed by atoms with Gasteiger partial charge in [-0.05, 0) is 47.6 Å². The summed E-state index contributed by atoms with van der Waals surface area (Å²) >= 11 is 0. The number of hydrogen-bond acceptors (Lipinski definition) is 3. The Balaban J connectivity index is 1.57. The Morgan fingerprint density at radius 3 is 2.63 bits per heavy atom. The lowest BCUT2D eigenvalue weighted by atomic mass is 9.51. The van der Waals surface area contributed by atoms with Crippen LogP contribution in [0.25, 0.3) is 5.69 Å². The average Bonchev–Trinajstić information content (AvgIpc) is 3.21. The number of rotatable bonds is 2. The van der Waals surface area contributed by atoms with Gasteiger partial charge in [0.05, 0.1) is 12.5 Å². The van der Waals surface area contributed by atoms with Gasteiger partial charge in [-0.25, -0.2) is 4.98 Å². The summed E-state index contributed by atoms with van der Waals surface area (Å²) in [5.74, 6) is 0.332. The lowest BCUT2D eigenvalue weighted by molar-refractivity contribution is -0.0270. The molecule has 1 aromatic heterocycles. The summed E-state index contributed by atoms with van der Waals surface area (Å²) in [4.78, 5) is 20.0. The number of benzene rings is 2. The van der Waals surface area contributed by atoms with Gasteiger partial charge in [0.2, 0.25) is 0 Å². The topological polar surface area (TPSA) is 58.4 Å². The quantitative estimate of drug-likeness (QED) is 0.695. The summed E-state index contributed by atoms with van der Waals surface area (Å²) < 4.78 is 1.86. The van der Waals surface area contributed by atoms with Crippen LogP contribution in [0.2, 0.25) is 0 Å². The maximum atomic E-state index is 13.7. The third kappa shape index (κ3) is 2.47. The number of fused-ring (bicyclic) bond motifs is 4. The molecule has 0 spiro atoms. The highest BCUT2D eigenvalue weighted by molar-refractivity contribution is 5.93. The van der Waals surface area contributed by atoms with E-state index in [0.717, 1.165) is 17.7 Å². The smallest absolute Gasteiger partial charge is 0.272 e. The Labute approximate surface area is 177 Å². The Morgan fingerprint density at radius 2 is 1.87 bits per heavy atom. The molecule has 0 unspecified atom stereocenters. The van der Waals surface area contributed by atoms with Gasteiger partial charge in [0, 0.05) is 23.7 Å². The predicted molar refractivity (Wildman–Crippen MR) is 116 cm³/mol. The summed E-state index contributed by atoms with van der Waals surface area (Å²) in [5, 5.41) is 10.6. The van der Waals surface area contributed by atoms with Gasteiger partial charge in [-0.2, -0.15) is 0 Å². The highest BCUT2D eigenvalue weighted by Gasteiger charge is 2.57. The van der Waals surface area contributed by atoms with Gasteiger partial charge < -0.3 is 10.0 Å². The van der Waals surface area contributed by atoms with E-state index >= 15 is 0 Å². The number of piperidine rings is 1. The SMILES string of the molecule is CC1(C)[C@@H]2Cc3c(O)cccc3[C@]1(C)CCN2C(=O)c1cncn1-c1ccccc1. The van der Waals surface area contributed by atoms with Gasteiger partial charge in [0.15, 0.2) is 0 Å². The van der Waals surface area contributed by atoms with Crippen molar-refractivity contribution in [3.63, 3.8) is 0 Å². The number of carbonyl (C=O) groups excluding carboxylic acids is 1. The summed E-state index contributed by atoms with van der Waals surface area (Å²) in [6.07, 6.45) is 4.88. The van der Waals surface area contributed by atoms with Crippen LogP contribution in [-0.4, -0.2) is 38.1 Å². The second-order valence-electron chi connectivity index (χ2n) is 9.31. The first kappa shape index (κ1) is 18.9. The molecule has 2 heterocycles. The van der Waals surface area contributed by atoms with Gasteiger partial charge in [-0.3, -0.25) is 9.36 Å². The number of hydrogen-bond donors (Lipinski definition) is 1. The number of aromatic hydroxyl groups is 1. The van der Waals surface area contributed by atoms with Crippen LogP contribution in [0.1, 0.15) is 48.8 Å². The summed E-state index contributed by atoms with van der Waals surface area (Å²) in [6, 6.07) is 15.7. The molecular formula is C25H27N3O2. The van der Waals surface area contributed by atoms with Crippen molar-refractivity contribution in [1.82, 2.24) is 14.5 Å². The summed E-state index contributed by atoms with van der Waals surface area (Å²) in [7, 11) is 0. The molecule has 1 N–H and O–H groups in total. The molecule has 5 nitrogen and oxygen atoms in total. The molecule has 154 valence electrons. The number of carbonyl (C=O) groups is 1. The van der Waals surface area contributed by atoms with E-state index in [-0.39, 0.29) is 22.8 Å². The van der Waals surface area contributed by atoms with Gasteiger partial charge in [0.1, 0.15) is 11.4 Å². The fraction of sp³-hybridized carbons (Fsp3) is 0.360. The number of phenols is 1. The van der Waals surface area contributed by atoms with Crippen LogP contribution in [0.3, 0.4) is 0 Å². The normalized spacial score (nSPS) is 24.4. The lowest BCUT2D eigenvalue weighted by Gasteiger charge is -2.60. The number of amides is 1. The van der Waals surface area contributed by atoms with E-state index < -0.39 is 0 Å². The number of imidazole rings is 1. The maximum Gasteiger partial charge on any atom is 0.272 e. The Kier molecular flexibility index (Phi) is 4.07. The van der Waals surface area contributed by atoms with E-state index in [1.165, 1.54) is 5.56 Å². The predicted octanol–water partition coefficient (Wildman–Crippen LogP) is 4.33. The molecule has 2 aliphatic rings. The molecule has 1 amide bonds. The molecule has 0 saturated carbocycles. The Hall–Kier alpha value is -3.08. The highest BCUT2D eigenvalue weighted by atomic mass is 16.3. The molecule has 2 bridgehead atoms. The third-order valence-corrected chi connectivity index (χ3v) is 7.78. The minimum absolute atomic E-state index is 0.00340. The van der Waals surface area contributed by atoms with Crippen LogP contribution in [0.15, 0.2) is 61.1 Å². The van der Waals surface area contributed by atoms with Gasteiger partial charge >= 0.3 is 0 Å². The summed E-state index contributed by atoms with van der Waals surface area (Å²) in [6.45, 7) is 7.50. The van der Waals surface area contributed by atoms with Crippen molar-refractivity contribution >= 4 is 5.91 Å². The van der Waals surface area contributed by atoms with Crippen LogP contribution in [0, 0.1) is 5.41 Å². The largest absolute Gasteiger partial charge is 0.508 e. The van der Waals surface area contributed by atoms with Crippen molar-refractivity contribution < 1.29 is 9.90 Å². The van der Waals surface area contributed by atoms with Crippen molar-refractivity contribution in [2.24, 2.45) is 5.41 Å². The molecule has 3 aromatic rings. The highest BCUT2D eigenvalue weighted by Crippen LogP contribution is 2.57. The second kappa shape index (κ2) is 6.46. The Bertz CT molecular complexity index is 1120. The first-order valence-corrected chi connectivity index (χ1v) is 10.5. The minimum atomic E-state index is -0.126. The molecule has 2 atom stereocenters. The number of aromatic nitrogens is 2. The molecule has 1 aliphatic carbocycles. The molecule has 2 aromatic carbocycles. The number of likely N-dealkylation sites (tertiary alicyclic amines) is 1. The zero-order valence-electron chi connectivity index (χ0n) is 17.7. The summed E-state index contributed by atoms with van der Waals surface area (Å²) in [5.41, 5.74) is 3.48.